The van der Waals surface area contributed by atoms with Gasteiger partial charge >= 0.3 is 6.09 Å². The largest absolute Gasteiger partial charge is 0.444 e. The highest BCUT2D eigenvalue weighted by Crippen LogP contribution is 2.15. The van der Waals surface area contributed by atoms with E-state index in [9.17, 15) is 4.79 Å². The first-order valence-electron chi connectivity index (χ1n) is 5.65. The van der Waals surface area contributed by atoms with E-state index >= 15 is 0 Å². The molecule has 0 aromatic heterocycles. The lowest BCUT2D eigenvalue weighted by Gasteiger charge is -2.37. The number of morpholine rings is 1. The number of hydrogen-bond donors (Lipinski definition) is 1. The molecule has 1 fully saturated rings. The summed E-state index contributed by atoms with van der Waals surface area (Å²) in [6.45, 7) is 8.99. The van der Waals surface area contributed by atoms with Crippen molar-refractivity contribution >= 4 is 6.09 Å². The molecular weight excluding hydrogens is 208 g/mol. The third-order valence-electron chi connectivity index (χ3n) is 2.24. The maximum absolute atomic E-state index is 11.8. The van der Waals surface area contributed by atoms with Gasteiger partial charge in [-0.3, -0.25) is 0 Å². The lowest BCUT2D eigenvalue weighted by atomic mass is 10.2. The molecule has 1 aliphatic rings. The van der Waals surface area contributed by atoms with E-state index in [4.69, 9.17) is 15.2 Å². The van der Waals surface area contributed by atoms with Crippen LogP contribution in [0.5, 0.6) is 0 Å². The zero-order valence-corrected chi connectivity index (χ0v) is 10.5. The Labute approximate surface area is 96.9 Å². The van der Waals surface area contributed by atoms with Crippen LogP contribution in [0.3, 0.4) is 0 Å². The minimum absolute atomic E-state index is 0.00909. The third-order valence-corrected chi connectivity index (χ3v) is 2.24. The quantitative estimate of drug-likeness (QED) is 0.729. The van der Waals surface area contributed by atoms with Crippen LogP contribution in [0, 0.1) is 0 Å². The Hall–Kier alpha value is -0.810. The molecule has 0 aliphatic carbocycles. The van der Waals surface area contributed by atoms with Crippen molar-refractivity contribution < 1.29 is 14.3 Å². The van der Waals surface area contributed by atoms with E-state index in [1.54, 1.807) is 4.90 Å². The van der Waals surface area contributed by atoms with E-state index in [2.05, 4.69) is 0 Å². The van der Waals surface area contributed by atoms with Crippen LogP contribution in [0.25, 0.3) is 0 Å². The van der Waals surface area contributed by atoms with Crippen molar-refractivity contribution in [2.45, 2.75) is 45.5 Å². The Morgan fingerprint density at radius 3 is 2.62 bits per heavy atom. The molecule has 1 rings (SSSR count). The Morgan fingerprint density at radius 1 is 1.50 bits per heavy atom. The van der Waals surface area contributed by atoms with Crippen molar-refractivity contribution in [1.82, 2.24) is 4.90 Å². The third kappa shape index (κ3) is 3.98. The van der Waals surface area contributed by atoms with Gasteiger partial charge in [0.2, 0.25) is 0 Å². The minimum atomic E-state index is -0.461. The number of ether oxygens (including phenoxy) is 2. The molecule has 0 bridgehead atoms. The fourth-order valence-corrected chi connectivity index (χ4v) is 1.65. The van der Waals surface area contributed by atoms with Crippen LogP contribution in [-0.4, -0.2) is 48.4 Å². The van der Waals surface area contributed by atoms with E-state index in [0.29, 0.717) is 19.6 Å². The monoisotopic (exact) mass is 230 g/mol. The van der Waals surface area contributed by atoms with Gasteiger partial charge in [0, 0.05) is 6.54 Å². The molecule has 1 amide bonds. The summed E-state index contributed by atoms with van der Waals surface area (Å²) < 4.78 is 10.9. The molecule has 2 atom stereocenters. The predicted molar refractivity (Wildman–Crippen MR) is 61.2 cm³/mol. The fraction of sp³-hybridized carbons (Fsp3) is 0.909. The second-order valence-corrected chi connectivity index (χ2v) is 5.19. The Bertz CT molecular complexity index is 250. The molecule has 0 spiro atoms. The molecule has 0 saturated carbocycles. The van der Waals surface area contributed by atoms with Gasteiger partial charge in [-0.2, -0.15) is 0 Å². The van der Waals surface area contributed by atoms with Gasteiger partial charge < -0.3 is 20.1 Å². The first-order chi connectivity index (χ1) is 7.31. The smallest absolute Gasteiger partial charge is 0.410 e. The molecule has 1 heterocycles. The summed E-state index contributed by atoms with van der Waals surface area (Å²) in [6.07, 6.45) is -0.368. The molecule has 94 valence electrons. The topological polar surface area (TPSA) is 64.8 Å². The van der Waals surface area contributed by atoms with Gasteiger partial charge in [-0.25, -0.2) is 4.79 Å². The van der Waals surface area contributed by atoms with Crippen molar-refractivity contribution in [3.05, 3.63) is 0 Å². The van der Waals surface area contributed by atoms with Crippen molar-refractivity contribution in [2.24, 2.45) is 5.73 Å². The van der Waals surface area contributed by atoms with Crippen LogP contribution in [0.4, 0.5) is 4.79 Å². The van der Waals surface area contributed by atoms with Crippen LogP contribution < -0.4 is 5.73 Å². The number of carbonyl (C=O) groups is 1. The van der Waals surface area contributed by atoms with Gasteiger partial charge in [-0.15, -0.1) is 0 Å². The van der Waals surface area contributed by atoms with Gasteiger partial charge in [0.25, 0.3) is 0 Å². The Kier molecular flexibility index (Phi) is 4.15. The van der Waals surface area contributed by atoms with Crippen LogP contribution in [-0.2, 0) is 9.47 Å². The number of rotatable bonds is 1. The normalized spacial score (nSPS) is 26.7. The zero-order valence-electron chi connectivity index (χ0n) is 10.5. The summed E-state index contributed by atoms with van der Waals surface area (Å²) in [4.78, 5) is 13.5. The average molecular weight is 230 g/mol. The predicted octanol–water partition coefficient (Wildman–Crippen LogP) is 0.970. The highest BCUT2D eigenvalue weighted by atomic mass is 16.6. The second kappa shape index (κ2) is 5.01. The van der Waals surface area contributed by atoms with Crippen molar-refractivity contribution in [2.75, 3.05) is 19.6 Å². The van der Waals surface area contributed by atoms with E-state index in [0.717, 1.165) is 0 Å². The molecule has 0 aromatic carbocycles. The molecular formula is C11H22N2O3. The van der Waals surface area contributed by atoms with Crippen molar-refractivity contribution in [3.63, 3.8) is 0 Å². The van der Waals surface area contributed by atoms with Gasteiger partial charge in [-0.1, -0.05) is 0 Å². The molecule has 16 heavy (non-hydrogen) atoms. The molecule has 0 radical (unpaired) electrons. The lowest BCUT2D eigenvalue weighted by Crippen LogP contribution is -2.52. The Morgan fingerprint density at radius 2 is 2.12 bits per heavy atom. The van der Waals surface area contributed by atoms with E-state index in [1.807, 2.05) is 27.7 Å². The van der Waals surface area contributed by atoms with Gasteiger partial charge in [0.15, 0.2) is 0 Å². The lowest BCUT2D eigenvalue weighted by molar-refractivity contribution is -0.0757. The van der Waals surface area contributed by atoms with E-state index in [1.165, 1.54) is 0 Å². The summed E-state index contributed by atoms with van der Waals surface area (Å²) in [5.41, 5.74) is 5.09. The summed E-state index contributed by atoms with van der Waals surface area (Å²) in [7, 11) is 0. The number of nitrogens with two attached hydrogens (primary N) is 1. The molecule has 5 heteroatoms. The molecule has 2 N–H and O–H groups in total. The van der Waals surface area contributed by atoms with Crippen molar-refractivity contribution in [3.8, 4) is 0 Å². The number of nitrogens with zero attached hydrogens (tertiary/aromatic N) is 1. The first kappa shape index (κ1) is 13.3. The van der Waals surface area contributed by atoms with E-state index in [-0.39, 0.29) is 18.3 Å². The second-order valence-electron chi connectivity index (χ2n) is 5.19. The molecule has 1 aliphatic heterocycles. The van der Waals surface area contributed by atoms with Crippen LogP contribution >= 0.6 is 0 Å². The number of hydrogen-bond acceptors (Lipinski definition) is 4. The SMILES string of the molecule is C[C@@H]1CN(C(=O)OC(C)(C)C)C[C@@H](CN)O1. The van der Waals surface area contributed by atoms with E-state index < -0.39 is 5.60 Å². The maximum Gasteiger partial charge on any atom is 0.410 e. The van der Waals surface area contributed by atoms with Crippen LogP contribution in [0.2, 0.25) is 0 Å². The zero-order chi connectivity index (χ0) is 12.3. The standard InChI is InChI=1S/C11H22N2O3/c1-8-6-13(7-9(5-12)15-8)10(14)16-11(2,3)4/h8-9H,5-7,12H2,1-4H3/t8-,9-/m1/s1. The summed E-state index contributed by atoms with van der Waals surface area (Å²) >= 11 is 0. The minimum Gasteiger partial charge on any atom is -0.444 e. The molecule has 1 saturated heterocycles. The fourth-order valence-electron chi connectivity index (χ4n) is 1.65. The van der Waals surface area contributed by atoms with Crippen LogP contribution in [0.15, 0.2) is 0 Å². The highest BCUT2D eigenvalue weighted by molar-refractivity contribution is 5.68. The highest BCUT2D eigenvalue weighted by Gasteiger charge is 2.30. The number of carbonyl (C=O) groups excluding carboxylic acids is 1. The van der Waals surface area contributed by atoms with Gasteiger partial charge in [0.1, 0.15) is 5.60 Å². The van der Waals surface area contributed by atoms with Gasteiger partial charge in [0.05, 0.1) is 25.3 Å². The van der Waals surface area contributed by atoms with Crippen molar-refractivity contribution in [1.29, 1.82) is 0 Å². The summed E-state index contributed by atoms with van der Waals surface area (Å²) in [6, 6.07) is 0. The average Bonchev–Trinajstić information content (AvgIpc) is 2.14. The Balaban J connectivity index is 2.55. The van der Waals surface area contributed by atoms with Crippen LogP contribution in [0.1, 0.15) is 27.7 Å². The summed E-state index contributed by atoms with van der Waals surface area (Å²) in [5, 5.41) is 0. The summed E-state index contributed by atoms with van der Waals surface area (Å²) in [5.74, 6) is 0. The maximum atomic E-state index is 11.8. The van der Waals surface area contributed by atoms with Gasteiger partial charge in [-0.05, 0) is 27.7 Å². The number of amides is 1. The molecule has 5 nitrogen and oxygen atoms in total. The molecule has 0 aromatic rings. The molecule has 0 unspecified atom stereocenters. The first-order valence-corrected chi connectivity index (χ1v) is 5.65.